The molecule has 0 atom stereocenters. The fourth-order valence-electron chi connectivity index (χ4n) is 3.95. The maximum atomic E-state index is 12.8. The van der Waals surface area contributed by atoms with Crippen LogP contribution in [0.1, 0.15) is 5.56 Å². The molecule has 0 aliphatic rings. The van der Waals surface area contributed by atoms with Gasteiger partial charge in [-0.2, -0.15) is 13.2 Å². The van der Waals surface area contributed by atoms with Crippen molar-refractivity contribution in [3.63, 3.8) is 0 Å². The standard InChI is InChI=1S/C30H20F3N/c31-30(32,33)29-17-15-26(16-18-29)25-9-7-22(8-10-25)21-3-5-23(6-4-21)24-11-13-27(14-12-24)28-2-1-19-34-20-28/h1-20H. The fraction of sp³-hybridized carbons (Fsp3) is 0.0333. The number of benzene rings is 4. The summed E-state index contributed by atoms with van der Waals surface area (Å²) < 4.78 is 38.4. The second kappa shape index (κ2) is 8.99. The Hall–Kier alpha value is -4.18. The van der Waals surface area contributed by atoms with Gasteiger partial charge >= 0.3 is 6.18 Å². The van der Waals surface area contributed by atoms with E-state index >= 15 is 0 Å². The molecule has 1 heterocycles. The van der Waals surface area contributed by atoms with Crippen molar-refractivity contribution in [2.24, 2.45) is 0 Å². The predicted molar refractivity (Wildman–Crippen MR) is 131 cm³/mol. The SMILES string of the molecule is FC(F)(F)c1ccc(-c2ccc(-c3ccc(-c4ccc(-c5cccnc5)cc4)cc3)cc2)cc1. The largest absolute Gasteiger partial charge is 0.416 e. The third kappa shape index (κ3) is 4.62. The molecule has 0 amide bonds. The molecule has 0 N–H and O–H groups in total. The number of nitrogens with zero attached hydrogens (tertiary/aromatic N) is 1. The molecular weight excluding hydrogens is 431 g/mol. The first-order chi connectivity index (χ1) is 16.5. The van der Waals surface area contributed by atoms with Gasteiger partial charge in [-0.3, -0.25) is 4.98 Å². The Bertz CT molecular complexity index is 1370. The van der Waals surface area contributed by atoms with E-state index in [1.165, 1.54) is 12.1 Å². The van der Waals surface area contributed by atoms with E-state index in [0.29, 0.717) is 0 Å². The van der Waals surface area contributed by atoms with Crippen molar-refractivity contribution in [1.82, 2.24) is 4.98 Å². The van der Waals surface area contributed by atoms with Crippen LogP contribution in [-0.2, 0) is 6.18 Å². The van der Waals surface area contributed by atoms with Crippen molar-refractivity contribution in [1.29, 1.82) is 0 Å². The van der Waals surface area contributed by atoms with E-state index in [1.54, 1.807) is 6.20 Å². The minimum absolute atomic E-state index is 0.639. The zero-order chi connectivity index (χ0) is 23.5. The van der Waals surface area contributed by atoms with E-state index < -0.39 is 11.7 Å². The molecule has 0 aliphatic carbocycles. The maximum absolute atomic E-state index is 12.8. The van der Waals surface area contributed by atoms with Crippen molar-refractivity contribution >= 4 is 0 Å². The normalized spacial score (nSPS) is 11.4. The molecule has 1 aromatic heterocycles. The number of alkyl halides is 3. The van der Waals surface area contributed by atoms with Gasteiger partial charge in [-0.05, 0) is 62.7 Å². The predicted octanol–water partition coefficient (Wildman–Crippen LogP) is 8.77. The monoisotopic (exact) mass is 451 g/mol. The van der Waals surface area contributed by atoms with E-state index in [4.69, 9.17) is 0 Å². The lowest BCUT2D eigenvalue weighted by atomic mass is 9.97. The summed E-state index contributed by atoms with van der Waals surface area (Å²) in [5, 5.41) is 0. The Kier molecular flexibility index (Phi) is 5.72. The first kappa shape index (κ1) is 21.7. The average molecular weight is 451 g/mol. The molecule has 0 fully saturated rings. The molecule has 0 spiro atoms. The summed E-state index contributed by atoms with van der Waals surface area (Å²) in [4.78, 5) is 4.17. The van der Waals surface area contributed by atoms with Gasteiger partial charge in [0.1, 0.15) is 0 Å². The third-order valence-corrected chi connectivity index (χ3v) is 5.86. The Balaban J connectivity index is 1.32. The van der Waals surface area contributed by atoms with E-state index in [0.717, 1.165) is 56.6 Å². The summed E-state index contributed by atoms with van der Waals surface area (Å²) in [6.45, 7) is 0. The zero-order valence-electron chi connectivity index (χ0n) is 18.1. The molecule has 0 saturated heterocycles. The summed E-state index contributed by atoms with van der Waals surface area (Å²) in [5.74, 6) is 0. The van der Waals surface area contributed by atoms with Crippen LogP contribution < -0.4 is 0 Å². The van der Waals surface area contributed by atoms with Gasteiger partial charge in [0.25, 0.3) is 0 Å². The lowest BCUT2D eigenvalue weighted by Gasteiger charge is -2.09. The van der Waals surface area contributed by atoms with Crippen molar-refractivity contribution in [2.75, 3.05) is 0 Å². The lowest BCUT2D eigenvalue weighted by Crippen LogP contribution is -2.03. The highest BCUT2D eigenvalue weighted by atomic mass is 19.4. The van der Waals surface area contributed by atoms with Crippen LogP contribution in [-0.4, -0.2) is 4.98 Å². The van der Waals surface area contributed by atoms with Crippen molar-refractivity contribution < 1.29 is 13.2 Å². The minimum Gasteiger partial charge on any atom is -0.264 e. The minimum atomic E-state index is -4.32. The van der Waals surface area contributed by atoms with Gasteiger partial charge in [-0.15, -0.1) is 0 Å². The molecule has 0 unspecified atom stereocenters. The van der Waals surface area contributed by atoms with Crippen LogP contribution in [0.5, 0.6) is 0 Å². The van der Waals surface area contributed by atoms with Crippen molar-refractivity contribution in [3.8, 4) is 44.5 Å². The third-order valence-electron chi connectivity index (χ3n) is 5.86. The molecule has 34 heavy (non-hydrogen) atoms. The Morgan fingerprint density at radius 2 is 0.735 bits per heavy atom. The molecule has 0 aliphatic heterocycles. The van der Waals surface area contributed by atoms with Gasteiger partial charge in [0.15, 0.2) is 0 Å². The second-order valence-corrected chi connectivity index (χ2v) is 8.05. The number of rotatable bonds is 4. The van der Waals surface area contributed by atoms with Crippen molar-refractivity contribution in [2.45, 2.75) is 6.18 Å². The maximum Gasteiger partial charge on any atom is 0.416 e. The Labute approximate surface area is 196 Å². The first-order valence-corrected chi connectivity index (χ1v) is 10.9. The van der Waals surface area contributed by atoms with Gasteiger partial charge in [0.05, 0.1) is 5.56 Å². The molecule has 0 saturated carbocycles. The molecule has 5 rings (SSSR count). The molecule has 4 aromatic carbocycles. The van der Waals surface area contributed by atoms with Crippen LogP contribution >= 0.6 is 0 Å². The number of hydrogen-bond acceptors (Lipinski definition) is 1. The van der Waals surface area contributed by atoms with Gasteiger partial charge < -0.3 is 0 Å². The molecule has 4 heteroatoms. The lowest BCUT2D eigenvalue weighted by molar-refractivity contribution is -0.137. The van der Waals surface area contributed by atoms with Gasteiger partial charge in [0, 0.05) is 12.4 Å². The average Bonchev–Trinajstić information content (AvgIpc) is 2.89. The summed E-state index contributed by atoms with van der Waals surface area (Å²) in [6.07, 6.45) is -0.704. The van der Waals surface area contributed by atoms with E-state index in [-0.39, 0.29) is 0 Å². The van der Waals surface area contributed by atoms with Gasteiger partial charge in [0.2, 0.25) is 0 Å². The zero-order valence-corrected chi connectivity index (χ0v) is 18.1. The summed E-state index contributed by atoms with van der Waals surface area (Å²) in [6, 6.07) is 33.8. The van der Waals surface area contributed by atoms with E-state index in [9.17, 15) is 13.2 Å². The Morgan fingerprint density at radius 3 is 1.03 bits per heavy atom. The first-order valence-electron chi connectivity index (χ1n) is 10.9. The molecule has 5 aromatic rings. The van der Waals surface area contributed by atoms with Gasteiger partial charge in [-0.1, -0.05) is 91.0 Å². The smallest absolute Gasteiger partial charge is 0.264 e. The van der Waals surface area contributed by atoms with Crippen molar-refractivity contribution in [3.05, 3.63) is 127 Å². The molecular formula is C30H20F3N. The van der Waals surface area contributed by atoms with Crippen LogP contribution in [0.3, 0.4) is 0 Å². The van der Waals surface area contributed by atoms with Gasteiger partial charge in [-0.25, -0.2) is 0 Å². The summed E-state index contributed by atoms with van der Waals surface area (Å²) >= 11 is 0. The Morgan fingerprint density at radius 1 is 0.412 bits per heavy atom. The van der Waals surface area contributed by atoms with Crippen LogP contribution in [0.2, 0.25) is 0 Å². The number of aromatic nitrogens is 1. The number of halogens is 3. The van der Waals surface area contributed by atoms with Crippen LogP contribution in [0, 0.1) is 0 Å². The quantitative estimate of drug-likeness (QED) is 0.266. The number of hydrogen-bond donors (Lipinski definition) is 0. The molecule has 1 nitrogen and oxygen atoms in total. The summed E-state index contributed by atoms with van der Waals surface area (Å²) in [5.41, 5.74) is 7.60. The highest BCUT2D eigenvalue weighted by molar-refractivity contribution is 5.74. The summed E-state index contributed by atoms with van der Waals surface area (Å²) in [7, 11) is 0. The highest BCUT2D eigenvalue weighted by Crippen LogP contribution is 2.32. The van der Waals surface area contributed by atoms with Crippen LogP contribution in [0.25, 0.3) is 44.5 Å². The molecule has 0 radical (unpaired) electrons. The fourth-order valence-corrected chi connectivity index (χ4v) is 3.95. The van der Waals surface area contributed by atoms with E-state index in [1.807, 2.05) is 42.6 Å². The molecule has 166 valence electrons. The van der Waals surface area contributed by atoms with Crippen LogP contribution in [0.4, 0.5) is 13.2 Å². The number of pyridine rings is 1. The second-order valence-electron chi connectivity index (χ2n) is 8.05. The topological polar surface area (TPSA) is 12.9 Å². The van der Waals surface area contributed by atoms with E-state index in [2.05, 4.69) is 53.5 Å². The molecule has 0 bridgehead atoms. The van der Waals surface area contributed by atoms with Crippen LogP contribution in [0.15, 0.2) is 122 Å². The highest BCUT2D eigenvalue weighted by Gasteiger charge is 2.29.